The van der Waals surface area contributed by atoms with Gasteiger partial charge < -0.3 is 33.2 Å². The second kappa shape index (κ2) is 20.6. The van der Waals surface area contributed by atoms with Crippen LogP contribution in [0.3, 0.4) is 0 Å². The van der Waals surface area contributed by atoms with Crippen LogP contribution >= 0.6 is 0 Å². The van der Waals surface area contributed by atoms with Gasteiger partial charge in [0.15, 0.2) is 0 Å². The van der Waals surface area contributed by atoms with E-state index in [-0.39, 0.29) is 39.6 Å². The minimum absolute atomic E-state index is 0.0734. The molecule has 0 aliphatic carbocycles. The van der Waals surface area contributed by atoms with Gasteiger partial charge in [0, 0.05) is 0 Å². The molecule has 11 heteroatoms. The number of rotatable bonds is 25. The Hall–Kier alpha value is -1.60. The van der Waals surface area contributed by atoms with Crippen LogP contribution < -0.4 is 0 Å². The minimum atomic E-state index is -3.93. The molecule has 0 saturated carbocycles. The largest absolute Gasteiger partial charge is 0.379 e. The Balaban J connectivity index is 4.26. The van der Waals surface area contributed by atoms with Crippen LogP contribution in [0.25, 0.3) is 0 Å². The lowest BCUT2D eigenvalue weighted by Crippen LogP contribution is -2.38. The van der Waals surface area contributed by atoms with Crippen LogP contribution in [-0.2, 0) is 33.2 Å². The van der Waals surface area contributed by atoms with E-state index in [0.29, 0.717) is 25.4 Å². The molecule has 7 nitrogen and oxygen atoms in total. The van der Waals surface area contributed by atoms with E-state index in [1.165, 1.54) is 12.2 Å². The maximum Gasteiger partial charge on any atom is 0.379 e. The number of alkyl halides is 4. The standard InChI is InChI=1S/C24H38F4O7/c1-5-9-29-12-13-31-14-21(8-4)15-32-18-23(25,26)19-35-24(27,28)20-33-17-22(34-11-7-3)16-30-10-6-2/h5-8,22H,1-3,9-20H2,4H3/b21-8+. The van der Waals surface area contributed by atoms with Crippen molar-refractivity contribution in [1.82, 2.24) is 0 Å². The summed E-state index contributed by atoms with van der Waals surface area (Å²) in [6.45, 7) is 9.70. The number of hydrogen-bond acceptors (Lipinski definition) is 7. The lowest BCUT2D eigenvalue weighted by atomic mass is 10.3. The highest BCUT2D eigenvalue weighted by molar-refractivity contribution is 5.01. The average Bonchev–Trinajstić information content (AvgIpc) is 2.82. The monoisotopic (exact) mass is 514 g/mol. The Morgan fingerprint density at radius 2 is 1.34 bits per heavy atom. The summed E-state index contributed by atoms with van der Waals surface area (Å²) in [4.78, 5) is 0. The number of halogens is 4. The summed E-state index contributed by atoms with van der Waals surface area (Å²) in [5.41, 5.74) is 0.620. The number of ether oxygens (including phenoxy) is 7. The molecular formula is C24H38F4O7. The summed E-state index contributed by atoms with van der Waals surface area (Å²) in [7, 11) is 0. The molecule has 1 atom stereocenters. The van der Waals surface area contributed by atoms with Crippen LogP contribution in [0.15, 0.2) is 49.6 Å². The van der Waals surface area contributed by atoms with Crippen molar-refractivity contribution in [3.63, 3.8) is 0 Å². The van der Waals surface area contributed by atoms with E-state index in [2.05, 4.69) is 24.5 Å². The molecule has 0 aromatic carbocycles. The van der Waals surface area contributed by atoms with Crippen molar-refractivity contribution in [3.8, 4) is 0 Å². The van der Waals surface area contributed by atoms with Crippen LogP contribution in [-0.4, -0.2) is 97.4 Å². The molecule has 0 amide bonds. The Kier molecular flexibility index (Phi) is 19.6. The first kappa shape index (κ1) is 33.4. The van der Waals surface area contributed by atoms with Crippen LogP contribution in [0, 0.1) is 0 Å². The van der Waals surface area contributed by atoms with Crippen molar-refractivity contribution in [2.45, 2.75) is 25.1 Å². The minimum Gasteiger partial charge on any atom is -0.375 e. The highest BCUT2D eigenvalue weighted by atomic mass is 19.3. The van der Waals surface area contributed by atoms with Crippen molar-refractivity contribution >= 4 is 0 Å². The van der Waals surface area contributed by atoms with Gasteiger partial charge in [-0.25, -0.2) is 8.78 Å². The van der Waals surface area contributed by atoms with Crippen molar-refractivity contribution in [1.29, 1.82) is 0 Å². The first-order valence-corrected chi connectivity index (χ1v) is 11.1. The van der Waals surface area contributed by atoms with Crippen LogP contribution in [0.1, 0.15) is 6.92 Å². The van der Waals surface area contributed by atoms with Gasteiger partial charge in [-0.05, 0) is 12.5 Å². The summed E-state index contributed by atoms with van der Waals surface area (Å²) in [6, 6.07) is 0. The fraction of sp³-hybridized carbons (Fsp3) is 0.667. The van der Waals surface area contributed by atoms with Crippen LogP contribution in [0.5, 0.6) is 0 Å². The summed E-state index contributed by atoms with van der Waals surface area (Å²) < 4.78 is 90.6. The normalized spacial score (nSPS) is 13.6. The zero-order valence-electron chi connectivity index (χ0n) is 20.4. The maximum absolute atomic E-state index is 13.9. The van der Waals surface area contributed by atoms with E-state index in [0.717, 1.165) is 0 Å². The van der Waals surface area contributed by atoms with Crippen molar-refractivity contribution in [2.24, 2.45) is 0 Å². The van der Waals surface area contributed by atoms with E-state index in [4.69, 9.17) is 28.4 Å². The maximum atomic E-state index is 13.9. The van der Waals surface area contributed by atoms with Gasteiger partial charge in [-0.3, -0.25) is 0 Å². The highest BCUT2D eigenvalue weighted by Crippen LogP contribution is 2.22. The molecule has 204 valence electrons. The molecule has 0 rings (SSSR count). The summed E-state index contributed by atoms with van der Waals surface area (Å²) >= 11 is 0. The number of allylic oxidation sites excluding steroid dienone is 1. The van der Waals surface area contributed by atoms with Gasteiger partial charge in [0.2, 0.25) is 0 Å². The molecule has 0 aromatic heterocycles. The molecular weight excluding hydrogens is 476 g/mol. The number of hydrogen-bond donors (Lipinski definition) is 0. The molecule has 0 saturated heterocycles. The Morgan fingerprint density at radius 3 is 2.00 bits per heavy atom. The van der Waals surface area contributed by atoms with Gasteiger partial charge in [-0.15, -0.1) is 19.7 Å². The predicted molar refractivity (Wildman–Crippen MR) is 124 cm³/mol. The van der Waals surface area contributed by atoms with E-state index >= 15 is 0 Å². The second-order valence-electron chi connectivity index (χ2n) is 7.22. The molecule has 0 heterocycles. The van der Waals surface area contributed by atoms with Gasteiger partial charge in [0.25, 0.3) is 5.92 Å². The second-order valence-corrected chi connectivity index (χ2v) is 7.22. The molecule has 0 spiro atoms. The molecule has 0 bridgehead atoms. The fourth-order valence-electron chi connectivity index (χ4n) is 2.26. The molecule has 1 unspecified atom stereocenters. The lowest BCUT2D eigenvalue weighted by molar-refractivity contribution is -0.291. The van der Waals surface area contributed by atoms with Gasteiger partial charge in [-0.2, -0.15) is 8.78 Å². The van der Waals surface area contributed by atoms with Gasteiger partial charge in [0.05, 0.1) is 59.5 Å². The topological polar surface area (TPSA) is 64.6 Å². The molecule has 0 aliphatic heterocycles. The Labute approximate surface area is 205 Å². The van der Waals surface area contributed by atoms with Gasteiger partial charge >= 0.3 is 6.11 Å². The van der Waals surface area contributed by atoms with E-state index in [9.17, 15) is 17.6 Å². The SMILES string of the molecule is C=CCOCCOC/C(=C\C)COCC(F)(F)COC(F)(F)COCC(COCC=C)OCC=C. The van der Waals surface area contributed by atoms with Crippen molar-refractivity contribution in [2.75, 3.05) is 79.3 Å². The predicted octanol–water partition coefficient (Wildman–Crippen LogP) is 4.20. The molecule has 35 heavy (non-hydrogen) atoms. The molecule has 0 fully saturated rings. The molecule has 0 N–H and O–H groups in total. The summed E-state index contributed by atoms with van der Waals surface area (Å²) in [5.74, 6) is -3.63. The van der Waals surface area contributed by atoms with Gasteiger partial charge in [0.1, 0.15) is 25.9 Å². The molecule has 0 aromatic rings. The van der Waals surface area contributed by atoms with E-state index in [1.807, 2.05) is 0 Å². The third-order valence-corrected chi connectivity index (χ3v) is 3.96. The van der Waals surface area contributed by atoms with Crippen LogP contribution in [0.2, 0.25) is 0 Å². The Bertz CT molecular complexity index is 600. The molecule has 0 aliphatic rings. The van der Waals surface area contributed by atoms with E-state index in [1.54, 1.807) is 19.1 Å². The highest BCUT2D eigenvalue weighted by Gasteiger charge is 2.38. The lowest BCUT2D eigenvalue weighted by Gasteiger charge is -2.23. The van der Waals surface area contributed by atoms with Gasteiger partial charge in [-0.1, -0.05) is 24.3 Å². The van der Waals surface area contributed by atoms with E-state index < -0.39 is 38.0 Å². The first-order valence-electron chi connectivity index (χ1n) is 11.1. The van der Waals surface area contributed by atoms with Crippen LogP contribution in [0.4, 0.5) is 17.6 Å². The molecule has 0 radical (unpaired) electrons. The quantitative estimate of drug-likeness (QED) is 0.103. The average molecular weight is 515 g/mol. The summed E-state index contributed by atoms with van der Waals surface area (Å²) in [5, 5.41) is 0. The van der Waals surface area contributed by atoms with Crippen molar-refractivity contribution in [3.05, 3.63) is 49.6 Å². The first-order chi connectivity index (χ1) is 16.7. The summed E-state index contributed by atoms with van der Waals surface area (Å²) in [6.07, 6.45) is 1.70. The third-order valence-electron chi connectivity index (χ3n) is 3.96. The third kappa shape index (κ3) is 20.3. The van der Waals surface area contributed by atoms with Crippen molar-refractivity contribution < 1.29 is 50.7 Å². The zero-order chi connectivity index (χ0) is 26.4. The Morgan fingerprint density at radius 1 is 0.743 bits per heavy atom. The fourth-order valence-corrected chi connectivity index (χ4v) is 2.26. The zero-order valence-corrected chi connectivity index (χ0v) is 20.4. The smallest absolute Gasteiger partial charge is 0.375 e.